The quantitative estimate of drug-likeness (QED) is 0.880. The molecule has 2 aromatic rings. The van der Waals surface area contributed by atoms with E-state index in [4.69, 9.17) is 11.6 Å². The lowest BCUT2D eigenvalue weighted by atomic mass is 9.97. The third kappa shape index (κ3) is 3.17. The van der Waals surface area contributed by atoms with Crippen LogP contribution >= 0.6 is 11.6 Å². The highest BCUT2D eigenvalue weighted by molar-refractivity contribution is 6.31. The van der Waals surface area contributed by atoms with Crippen LogP contribution in [0.15, 0.2) is 36.4 Å². The molecule has 0 aliphatic carbocycles. The lowest BCUT2D eigenvalue weighted by Crippen LogP contribution is -2.20. The molecule has 2 rings (SSSR count). The average molecular weight is 296 g/mol. The van der Waals surface area contributed by atoms with Crippen LogP contribution in [0.2, 0.25) is 5.02 Å². The normalized spacial score (nSPS) is 12.4. The number of benzene rings is 2. The van der Waals surface area contributed by atoms with E-state index in [-0.39, 0.29) is 18.0 Å². The molecular formula is C16H16ClF2N. The Morgan fingerprint density at radius 1 is 1.15 bits per heavy atom. The van der Waals surface area contributed by atoms with Gasteiger partial charge in [-0.2, -0.15) is 0 Å². The molecule has 1 atom stereocenters. The summed E-state index contributed by atoms with van der Waals surface area (Å²) < 4.78 is 27.4. The molecule has 1 N–H and O–H groups in total. The van der Waals surface area contributed by atoms with Gasteiger partial charge >= 0.3 is 0 Å². The maximum absolute atomic E-state index is 13.7. The minimum Gasteiger partial charge on any atom is -0.313 e. The fourth-order valence-corrected chi connectivity index (χ4v) is 2.32. The summed E-state index contributed by atoms with van der Waals surface area (Å²) in [5.41, 5.74) is 2.00. The second kappa shape index (κ2) is 6.33. The van der Waals surface area contributed by atoms with Gasteiger partial charge in [-0.05, 0) is 49.7 Å². The van der Waals surface area contributed by atoms with Crippen LogP contribution in [0.25, 0.3) is 0 Å². The van der Waals surface area contributed by atoms with Crippen LogP contribution < -0.4 is 5.32 Å². The van der Waals surface area contributed by atoms with Gasteiger partial charge in [0.25, 0.3) is 0 Å². The first kappa shape index (κ1) is 14.9. The Hall–Kier alpha value is -1.45. The van der Waals surface area contributed by atoms with Gasteiger partial charge in [0.15, 0.2) is 0 Å². The molecule has 2 aromatic carbocycles. The molecule has 20 heavy (non-hydrogen) atoms. The lowest BCUT2D eigenvalue weighted by Gasteiger charge is -2.18. The third-order valence-electron chi connectivity index (χ3n) is 3.40. The molecule has 0 aromatic heterocycles. The van der Waals surface area contributed by atoms with E-state index in [0.29, 0.717) is 5.02 Å². The third-order valence-corrected chi connectivity index (χ3v) is 3.83. The Labute approximate surface area is 122 Å². The summed E-state index contributed by atoms with van der Waals surface area (Å²) in [5.74, 6) is -1.04. The van der Waals surface area contributed by atoms with E-state index in [1.165, 1.54) is 18.2 Å². The molecular weight excluding hydrogens is 280 g/mol. The van der Waals surface area contributed by atoms with Crippen LogP contribution in [0.5, 0.6) is 0 Å². The molecule has 0 amide bonds. The number of nitrogens with one attached hydrogen (secondary N) is 1. The first-order valence-corrected chi connectivity index (χ1v) is 6.77. The van der Waals surface area contributed by atoms with E-state index < -0.39 is 11.6 Å². The Morgan fingerprint density at radius 3 is 2.35 bits per heavy atom. The summed E-state index contributed by atoms with van der Waals surface area (Å²) in [7, 11) is 1.77. The van der Waals surface area contributed by atoms with Crippen molar-refractivity contribution in [2.75, 3.05) is 7.05 Å². The van der Waals surface area contributed by atoms with Gasteiger partial charge in [0.1, 0.15) is 11.6 Å². The van der Waals surface area contributed by atoms with E-state index >= 15 is 0 Å². The number of hydrogen-bond acceptors (Lipinski definition) is 1. The van der Waals surface area contributed by atoms with Gasteiger partial charge in [0.2, 0.25) is 0 Å². The first-order chi connectivity index (χ1) is 9.52. The highest BCUT2D eigenvalue weighted by Gasteiger charge is 2.16. The van der Waals surface area contributed by atoms with Crippen LogP contribution in [-0.4, -0.2) is 7.05 Å². The summed E-state index contributed by atoms with van der Waals surface area (Å²) >= 11 is 6.00. The predicted octanol–water partition coefficient (Wildman–Crippen LogP) is 4.43. The van der Waals surface area contributed by atoms with Gasteiger partial charge in [-0.25, -0.2) is 8.78 Å². The second-order valence-electron chi connectivity index (χ2n) is 4.75. The van der Waals surface area contributed by atoms with E-state index in [2.05, 4.69) is 5.32 Å². The van der Waals surface area contributed by atoms with Crippen molar-refractivity contribution < 1.29 is 8.78 Å². The van der Waals surface area contributed by atoms with E-state index in [1.807, 2.05) is 19.1 Å². The molecule has 106 valence electrons. The van der Waals surface area contributed by atoms with Crippen LogP contribution in [0.4, 0.5) is 8.78 Å². The van der Waals surface area contributed by atoms with Crippen molar-refractivity contribution in [1.29, 1.82) is 0 Å². The first-order valence-electron chi connectivity index (χ1n) is 6.39. The van der Waals surface area contributed by atoms with Crippen molar-refractivity contribution in [1.82, 2.24) is 5.32 Å². The van der Waals surface area contributed by atoms with Crippen molar-refractivity contribution >= 4 is 11.6 Å². The number of hydrogen-bond donors (Lipinski definition) is 1. The molecule has 0 saturated carbocycles. The Morgan fingerprint density at radius 2 is 1.80 bits per heavy atom. The maximum Gasteiger partial charge on any atom is 0.129 e. The van der Waals surface area contributed by atoms with Gasteiger partial charge < -0.3 is 5.32 Å². The zero-order valence-corrected chi connectivity index (χ0v) is 12.1. The zero-order valence-electron chi connectivity index (χ0n) is 11.4. The number of rotatable bonds is 4. The molecule has 0 heterocycles. The fourth-order valence-electron chi connectivity index (χ4n) is 2.20. The highest BCUT2D eigenvalue weighted by Crippen LogP contribution is 2.25. The lowest BCUT2D eigenvalue weighted by molar-refractivity contribution is 0.515. The standard InChI is InChI=1S/C16H16ClF2N/c1-10-8-11(6-7-13(10)17)16(20-2)9-12-14(18)4-3-5-15(12)19/h3-8,16,20H,9H2,1-2H3. The molecule has 1 unspecified atom stereocenters. The zero-order chi connectivity index (χ0) is 14.7. The maximum atomic E-state index is 13.7. The van der Waals surface area contributed by atoms with Crippen molar-refractivity contribution in [3.8, 4) is 0 Å². The van der Waals surface area contributed by atoms with E-state index in [1.54, 1.807) is 13.1 Å². The average Bonchev–Trinajstić information content (AvgIpc) is 2.42. The summed E-state index contributed by atoms with van der Waals surface area (Å²) in [6.45, 7) is 1.90. The summed E-state index contributed by atoms with van der Waals surface area (Å²) in [5, 5.41) is 3.77. The Balaban J connectivity index is 2.31. The van der Waals surface area contributed by atoms with Crippen LogP contribution in [0, 0.1) is 18.6 Å². The minimum absolute atomic E-state index is 0.0967. The molecule has 0 aliphatic rings. The second-order valence-corrected chi connectivity index (χ2v) is 5.16. The summed E-state index contributed by atoms with van der Waals surface area (Å²) in [6, 6.07) is 9.36. The molecule has 0 bridgehead atoms. The molecule has 0 spiro atoms. The van der Waals surface area contributed by atoms with Crippen molar-refractivity contribution in [2.24, 2.45) is 0 Å². The highest BCUT2D eigenvalue weighted by atomic mass is 35.5. The largest absolute Gasteiger partial charge is 0.313 e. The smallest absolute Gasteiger partial charge is 0.129 e. The van der Waals surface area contributed by atoms with Crippen LogP contribution in [-0.2, 0) is 6.42 Å². The Kier molecular flexibility index (Phi) is 4.73. The minimum atomic E-state index is -0.518. The van der Waals surface area contributed by atoms with Gasteiger partial charge in [0, 0.05) is 16.6 Å². The van der Waals surface area contributed by atoms with Crippen molar-refractivity contribution in [2.45, 2.75) is 19.4 Å². The van der Waals surface area contributed by atoms with Gasteiger partial charge in [-0.1, -0.05) is 29.8 Å². The number of likely N-dealkylation sites (N-methyl/N-ethyl adjacent to an activating group) is 1. The van der Waals surface area contributed by atoms with Crippen molar-refractivity contribution in [3.05, 3.63) is 69.7 Å². The summed E-state index contributed by atoms with van der Waals surface area (Å²) in [4.78, 5) is 0. The molecule has 0 fully saturated rings. The Bertz CT molecular complexity index is 593. The molecule has 0 aliphatic heterocycles. The predicted molar refractivity (Wildman–Crippen MR) is 78.1 cm³/mol. The topological polar surface area (TPSA) is 12.0 Å². The van der Waals surface area contributed by atoms with Gasteiger partial charge in [-0.3, -0.25) is 0 Å². The summed E-state index contributed by atoms with van der Waals surface area (Å²) in [6.07, 6.45) is 0.246. The van der Waals surface area contributed by atoms with E-state index in [0.717, 1.165) is 11.1 Å². The van der Waals surface area contributed by atoms with Crippen LogP contribution in [0.1, 0.15) is 22.7 Å². The number of aryl methyl sites for hydroxylation is 1. The van der Waals surface area contributed by atoms with Gasteiger partial charge in [0.05, 0.1) is 0 Å². The van der Waals surface area contributed by atoms with Gasteiger partial charge in [-0.15, -0.1) is 0 Å². The van der Waals surface area contributed by atoms with E-state index in [9.17, 15) is 8.78 Å². The molecule has 0 saturated heterocycles. The molecule has 0 radical (unpaired) electrons. The van der Waals surface area contributed by atoms with Crippen molar-refractivity contribution in [3.63, 3.8) is 0 Å². The fraction of sp³-hybridized carbons (Fsp3) is 0.250. The molecule has 4 heteroatoms. The number of halogens is 3. The molecule has 1 nitrogen and oxygen atoms in total. The monoisotopic (exact) mass is 295 g/mol. The van der Waals surface area contributed by atoms with Crippen LogP contribution in [0.3, 0.4) is 0 Å². The SMILES string of the molecule is CNC(Cc1c(F)cccc1F)c1ccc(Cl)c(C)c1.